The predicted molar refractivity (Wildman–Crippen MR) is 77.2 cm³/mol. The fraction of sp³-hybridized carbons (Fsp3) is 0.0714. The van der Waals surface area contributed by atoms with Crippen LogP contribution in [0.4, 0.5) is 11.5 Å². The summed E-state index contributed by atoms with van der Waals surface area (Å²) in [5.41, 5.74) is 4.10. The van der Waals surface area contributed by atoms with Crippen LogP contribution >= 0.6 is 0 Å². The Morgan fingerprint density at radius 2 is 2.05 bits per heavy atom. The van der Waals surface area contributed by atoms with E-state index in [0.29, 0.717) is 6.54 Å². The number of aromatic nitrogens is 4. The SMILES string of the molecule is C1=Nc2cc(-c3cnc4cnccc4n3)cnc2NC1. The van der Waals surface area contributed by atoms with Crippen LogP contribution < -0.4 is 5.32 Å². The van der Waals surface area contributed by atoms with E-state index < -0.39 is 0 Å². The van der Waals surface area contributed by atoms with Gasteiger partial charge in [0.2, 0.25) is 0 Å². The Labute approximate surface area is 114 Å². The first-order chi connectivity index (χ1) is 9.90. The molecule has 3 aromatic rings. The molecular weight excluding hydrogens is 252 g/mol. The number of hydrogen-bond donors (Lipinski definition) is 1. The Kier molecular flexibility index (Phi) is 2.38. The first-order valence-electron chi connectivity index (χ1n) is 6.24. The number of hydrogen-bond acceptors (Lipinski definition) is 6. The minimum absolute atomic E-state index is 0.710. The van der Waals surface area contributed by atoms with Gasteiger partial charge in [0.1, 0.15) is 11.2 Å². The molecule has 96 valence electrons. The second kappa shape index (κ2) is 4.34. The van der Waals surface area contributed by atoms with Crippen LogP contribution in [0.15, 0.2) is 41.9 Å². The predicted octanol–water partition coefficient (Wildman–Crippen LogP) is 2.21. The van der Waals surface area contributed by atoms with E-state index in [2.05, 4.69) is 30.2 Å². The molecule has 20 heavy (non-hydrogen) atoms. The largest absolute Gasteiger partial charge is 0.363 e. The van der Waals surface area contributed by atoms with Crippen LogP contribution in [-0.4, -0.2) is 32.7 Å². The van der Waals surface area contributed by atoms with E-state index in [1.807, 2.05) is 18.3 Å². The maximum absolute atomic E-state index is 4.58. The summed E-state index contributed by atoms with van der Waals surface area (Å²) in [6, 6.07) is 3.80. The smallest absolute Gasteiger partial charge is 0.152 e. The second-order valence-corrected chi connectivity index (χ2v) is 4.40. The van der Waals surface area contributed by atoms with E-state index in [4.69, 9.17) is 0 Å². The lowest BCUT2D eigenvalue weighted by molar-refractivity contribution is 1.20. The molecule has 0 saturated heterocycles. The zero-order valence-corrected chi connectivity index (χ0v) is 10.5. The first-order valence-corrected chi connectivity index (χ1v) is 6.24. The van der Waals surface area contributed by atoms with Crippen molar-refractivity contribution < 1.29 is 0 Å². The molecule has 0 fully saturated rings. The Bertz CT molecular complexity index is 827. The molecule has 0 bridgehead atoms. The molecule has 0 atom stereocenters. The Morgan fingerprint density at radius 3 is 3.05 bits per heavy atom. The molecule has 0 amide bonds. The van der Waals surface area contributed by atoms with Gasteiger partial charge in [-0.1, -0.05) is 0 Å². The number of nitrogens with zero attached hydrogens (tertiary/aromatic N) is 5. The molecule has 1 aliphatic rings. The van der Waals surface area contributed by atoms with Crippen molar-refractivity contribution >= 4 is 28.8 Å². The van der Waals surface area contributed by atoms with Crippen molar-refractivity contribution in [2.24, 2.45) is 4.99 Å². The Morgan fingerprint density at radius 1 is 1.05 bits per heavy atom. The molecule has 0 unspecified atom stereocenters. The molecule has 0 aromatic carbocycles. The highest BCUT2D eigenvalue weighted by molar-refractivity contribution is 5.81. The molecule has 6 heteroatoms. The third kappa shape index (κ3) is 1.78. The highest BCUT2D eigenvalue weighted by Gasteiger charge is 2.10. The summed E-state index contributed by atoms with van der Waals surface area (Å²) in [6.07, 6.45) is 8.74. The summed E-state index contributed by atoms with van der Waals surface area (Å²) in [7, 11) is 0. The van der Waals surface area contributed by atoms with Gasteiger partial charge in [0.05, 0.1) is 30.1 Å². The number of fused-ring (bicyclic) bond motifs is 2. The van der Waals surface area contributed by atoms with Crippen molar-refractivity contribution in [1.29, 1.82) is 0 Å². The topological polar surface area (TPSA) is 76.0 Å². The van der Waals surface area contributed by atoms with Crippen LogP contribution in [0.25, 0.3) is 22.3 Å². The third-order valence-corrected chi connectivity index (χ3v) is 3.10. The molecule has 6 nitrogen and oxygen atoms in total. The van der Waals surface area contributed by atoms with E-state index >= 15 is 0 Å². The fourth-order valence-electron chi connectivity index (χ4n) is 2.12. The van der Waals surface area contributed by atoms with Crippen LogP contribution in [0, 0.1) is 0 Å². The zero-order valence-electron chi connectivity index (χ0n) is 10.5. The molecule has 0 aliphatic carbocycles. The number of nitrogens with one attached hydrogen (secondary N) is 1. The lowest BCUT2D eigenvalue weighted by Crippen LogP contribution is -2.08. The Balaban J connectivity index is 1.85. The fourth-order valence-corrected chi connectivity index (χ4v) is 2.12. The molecular formula is C14H10N6. The average molecular weight is 262 g/mol. The number of rotatable bonds is 1. The molecule has 0 saturated carbocycles. The van der Waals surface area contributed by atoms with E-state index in [0.717, 1.165) is 33.8 Å². The van der Waals surface area contributed by atoms with Crippen LogP contribution in [0.5, 0.6) is 0 Å². The molecule has 1 N–H and O–H groups in total. The third-order valence-electron chi connectivity index (χ3n) is 3.10. The highest BCUT2D eigenvalue weighted by atomic mass is 15.0. The number of anilines is 1. The van der Waals surface area contributed by atoms with Crippen molar-refractivity contribution in [3.05, 3.63) is 36.9 Å². The van der Waals surface area contributed by atoms with Crippen molar-refractivity contribution in [1.82, 2.24) is 19.9 Å². The lowest BCUT2D eigenvalue weighted by Gasteiger charge is -2.11. The van der Waals surface area contributed by atoms with Crippen molar-refractivity contribution in [3.63, 3.8) is 0 Å². The summed E-state index contributed by atoms with van der Waals surface area (Å²) in [5.74, 6) is 0.800. The molecule has 3 aromatic heterocycles. The summed E-state index contributed by atoms with van der Waals surface area (Å²) in [5, 5.41) is 3.17. The van der Waals surface area contributed by atoms with Gasteiger partial charge in [0, 0.05) is 24.2 Å². The maximum atomic E-state index is 4.58. The second-order valence-electron chi connectivity index (χ2n) is 4.40. The van der Waals surface area contributed by atoms with Gasteiger partial charge < -0.3 is 5.32 Å². The van der Waals surface area contributed by atoms with E-state index in [-0.39, 0.29) is 0 Å². The molecule has 0 radical (unpaired) electrons. The van der Waals surface area contributed by atoms with Crippen LogP contribution in [0.2, 0.25) is 0 Å². The number of pyridine rings is 2. The maximum Gasteiger partial charge on any atom is 0.152 e. The van der Waals surface area contributed by atoms with Gasteiger partial charge in [-0.25, -0.2) is 9.97 Å². The van der Waals surface area contributed by atoms with Gasteiger partial charge in [-0.05, 0) is 12.1 Å². The summed E-state index contributed by atoms with van der Waals surface area (Å²) < 4.78 is 0. The Hall–Kier alpha value is -2.89. The van der Waals surface area contributed by atoms with Gasteiger partial charge in [0.25, 0.3) is 0 Å². The zero-order chi connectivity index (χ0) is 13.4. The van der Waals surface area contributed by atoms with Crippen molar-refractivity contribution in [2.75, 3.05) is 11.9 Å². The average Bonchev–Trinajstić information content (AvgIpc) is 2.54. The monoisotopic (exact) mass is 262 g/mol. The van der Waals surface area contributed by atoms with Gasteiger partial charge in [-0.15, -0.1) is 0 Å². The van der Waals surface area contributed by atoms with E-state index in [9.17, 15) is 0 Å². The lowest BCUT2D eigenvalue weighted by atomic mass is 10.2. The van der Waals surface area contributed by atoms with Crippen LogP contribution in [0.1, 0.15) is 0 Å². The van der Waals surface area contributed by atoms with Crippen LogP contribution in [-0.2, 0) is 0 Å². The van der Waals surface area contributed by atoms with Gasteiger partial charge in [-0.3, -0.25) is 15.0 Å². The molecule has 0 spiro atoms. The van der Waals surface area contributed by atoms with E-state index in [1.165, 1.54) is 0 Å². The summed E-state index contributed by atoms with van der Waals surface area (Å²) in [6.45, 7) is 0.710. The molecule has 4 rings (SSSR count). The van der Waals surface area contributed by atoms with Gasteiger partial charge >= 0.3 is 0 Å². The molecule has 1 aliphatic heterocycles. The van der Waals surface area contributed by atoms with E-state index in [1.54, 1.807) is 24.8 Å². The first kappa shape index (κ1) is 11.0. The molecule has 4 heterocycles. The van der Waals surface area contributed by atoms with Gasteiger partial charge in [0.15, 0.2) is 5.82 Å². The normalized spacial score (nSPS) is 13.0. The number of aliphatic imine (C=N–C) groups is 1. The van der Waals surface area contributed by atoms with Gasteiger partial charge in [-0.2, -0.15) is 0 Å². The summed E-state index contributed by atoms with van der Waals surface area (Å²) in [4.78, 5) is 21.7. The highest BCUT2D eigenvalue weighted by Crippen LogP contribution is 2.29. The summed E-state index contributed by atoms with van der Waals surface area (Å²) >= 11 is 0. The quantitative estimate of drug-likeness (QED) is 0.727. The van der Waals surface area contributed by atoms with Crippen molar-refractivity contribution in [2.45, 2.75) is 0 Å². The standard InChI is InChI=1S/C14H10N6/c1-2-15-7-13-10(1)20-12(8-18-13)9-5-11-14(19-6-9)17-4-3-16-11/h1-3,5-8H,4H2,(H,17,19). The minimum atomic E-state index is 0.710. The minimum Gasteiger partial charge on any atom is -0.363 e. The van der Waals surface area contributed by atoms with Crippen LogP contribution in [0.3, 0.4) is 0 Å². The van der Waals surface area contributed by atoms with Crippen molar-refractivity contribution in [3.8, 4) is 11.3 Å².